The average Bonchev–Trinajstić information content (AvgIpc) is 2.59. The van der Waals surface area contributed by atoms with E-state index in [1.807, 2.05) is 6.92 Å². The van der Waals surface area contributed by atoms with Gasteiger partial charge in [-0.3, -0.25) is 4.79 Å². The molecule has 0 bridgehead atoms. The van der Waals surface area contributed by atoms with Crippen LogP contribution in [0.2, 0.25) is 0 Å². The third-order valence-electron chi connectivity index (χ3n) is 9.00. The van der Waals surface area contributed by atoms with E-state index >= 15 is 0 Å². The van der Waals surface area contributed by atoms with Crippen molar-refractivity contribution in [1.29, 1.82) is 0 Å². The minimum atomic E-state index is -0.848. The predicted molar refractivity (Wildman–Crippen MR) is 112 cm³/mol. The van der Waals surface area contributed by atoms with Crippen molar-refractivity contribution in [3.8, 4) is 0 Å². The largest absolute Gasteiger partial charge is 0.481 e. The number of aliphatic carboxylic acids is 1. The summed E-state index contributed by atoms with van der Waals surface area (Å²) in [7, 11) is 0. The lowest BCUT2D eigenvalue weighted by Crippen LogP contribution is -2.57. The molecule has 0 aromatic carbocycles. The van der Waals surface area contributed by atoms with Gasteiger partial charge in [-0.05, 0) is 94.8 Å². The summed E-state index contributed by atoms with van der Waals surface area (Å²) in [6.45, 7) is 13.0. The maximum absolute atomic E-state index is 11.4. The predicted octanol–water partition coefficient (Wildman–Crippen LogP) is 5.35. The van der Waals surface area contributed by atoms with Crippen molar-refractivity contribution >= 4 is 5.97 Å². The lowest BCUT2D eigenvalue weighted by atomic mass is 9.45. The third kappa shape index (κ3) is 4.38. The van der Waals surface area contributed by atoms with Gasteiger partial charge < -0.3 is 10.2 Å². The van der Waals surface area contributed by atoms with Gasteiger partial charge in [0.1, 0.15) is 11.7 Å². The number of fused-ring (bicyclic) bond motifs is 1. The van der Waals surface area contributed by atoms with Crippen molar-refractivity contribution in [2.24, 2.45) is 28.6 Å². The number of rotatable bonds is 5. The van der Waals surface area contributed by atoms with Gasteiger partial charge in [0, 0.05) is 0 Å². The molecule has 2 aliphatic carbocycles. The highest BCUT2D eigenvalue weighted by molar-refractivity contribution is 5.70. The normalized spacial score (nSPS) is 46.0. The molecule has 29 heavy (non-hydrogen) atoms. The summed E-state index contributed by atoms with van der Waals surface area (Å²) in [6.07, 6.45) is 8.51. The SMILES string of the molecule is C[C@H](C(=O)O)[C@@H]1CC[C@](C)(CC[C@H]2[C@]3(C)CCCC(C)(C)[C@H]3CC[C@@]2(C)O)OO1. The van der Waals surface area contributed by atoms with E-state index in [0.717, 1.165) is 32.1 Å². The van der Waals surface area contributed by atoms with Gasteiger partial charge in [-0.25, -0.2) is 9.78 Å². The van der Waals surface area contributed by atoms with E-state index < -0.39 is 23.1 Å². The molecule has 0 unspecified atom stereocenters. The second kappa shape index (κ2) is 7.80. The fraction of sp³-hybridized carbons (Fsp3) is 0.958. The Morgan fingerprint density at radius 1 is 1.07 bits per heavy atom. The van der Waals surface area contributed by atoms with Gasteiger partial charge in [-0.1, -0.05) is 27.2 Å². The highest BCUT2D eigenvalue weighted by Crippen LogP contribution is 2.63. The molecule has 7 atom stereocenters. The molecule has 1 aliphatic heterocycles. The van der Waals surface area contributed by atoms with Crippen LogP contribution in [0.4, 0.5) is 0 Å². The zero-order chi connectivity index (χ0) is 21.7. The van der Waals surface area contributed by atoms with E-state index in [2.05, 4.69) is 27.7 Å². The minimum absolute atomic E-state index is 0.149. The number of carboxylic acids is 1. The van der Waals surface area contributed by atoms with Crippen molar-refractivity contribution in [2.75, 3.05) is 0 Å². The Morgan fingerprint density at radius 3 is 2.34 bits per heavy atom. The summed E-state index contributed by atoms with van der Waals surface area (Å²) in [5.74, 6) is -0.530. The molecule has 0 spiro atoms. The molecule has 1 heterocycles. The molecule has 1 saturated heterocycles. The molecule has 0 aromatic rings. The number of carbonyl (C=O) groups is 1. The Labute approximate surface area is 176 Å². The van der Waals surface area contributed by atoms with Gasteiger partial charge in [0.15, 0.2) is 0 Å². The van der Waals surface area contributed by atoms with Crippen LogP contribution in [0, 0.1) is 28.6 Å². The van der Waals surface area contributed by atoms with Crippen LogP contribution >= 0.6 is 0 Å². The lowest BCUT2D eigenvalue weighted by Gasteiger charge is -2.61. The van der Waals surface area contributed by atoms with Crippen molar-refractivity contribution in [2.45, 2.75) is 117 Å². The Balaban J connectivity index is 1.69. The van der Waals surface area contributed by atoms with Gasteiger partial charge in [-0.2, -0.15) is 0 Å². The Kier molecular flexibility index (Phi) is 6.19. The molecule has 168 valence electrons. The van der Waals surface area contributed by atoms with Crippen molar-refractivity contribution in [3.63, 3.8) is 0 Å². The lowest BCUT2D eigenvalue weighted by molar-refractivity contribution is -0.412. The first-order valence-corrected chi connectivity index (χ1v) is 11.6. The van der Waals surface area contributed by atoms with Crippen molar-refractivity contribution in [1.82, 2.24) is 0 Å². The first-order chi connectivity index (χ1) is 13.3. The monoisotopic (exact) mass is 410 g/mol. The Hall–Kier alpha value is -0.650. The van der Waals surface area contributed by atoms with Crippen LogP contribution in [0.3, 0.4) is 0 Å². The van der Waals surface area contributed by atoms with Crippen LogP contribution in [-0.2, 0) is 14.6 Å². The van der Waals surface area contributed by atoms with Gasteiger partial charge in [0.25, 0.3) is 0 Å². The molecule has 2 N–H and O–H groups in total. The van der Waals surface area contributed by atoms with E-state index in [9.17, 15) is 15.0 Å². The maximum Gasteiger partial charge on any atom is 0.308 e. The van der Waals surface area contributed by atoms with Crippen LogP contribution in [0.15, 0.2) is 0 Å². The molecule has 5 nitrogen and oxygen atoms in total. The molecule has 5 heteroatoms. The summed E-state index contributed by atoms with van der Waals surface area (Å²) in [5, 5.41) is 20.6. The van der Waals surface area contributed by atoms with Crippen LogP contribution in [-0.4, -0.2) is 33.5 Å². The second-order valence-corrected chi connectivity index (χ2v) is 11.7. The third-order valence-corrected chi connectivity index (χ3v) is 9.00. The summed E-state index contributed by atoms with van der Waals surface area (Å²) >= 11 is 0. The van der Waals surface area contributed by atoms with Gasteiger partial charge in [0.2, 0.25) is 0 Å². The van der Waals surface area contributed by atoms with Gasteiger partial charge in [-0.15, -0.1) is 0 Å². The van der Waals surface area contributed by atoms with Crippen LogP contribution < -0.4 is 0 Å². The summed E-state index contributed by atoms with van der Waals surface area (Å²) in [5.41, 5.74) is -0.588. The van der Waals surface area contributed by atoms with E-state index in [1.165, 1.54) is 19.3 Å². The quantitative estimate of drug-likeness (QED) is 0.598. The summed E-state index contributed by atoms with van der Waals surface area (Å²) in [4.78, 5) is 22.5. The van der Waals surface area contributed by atoms with Crippen LogP contribution in [0.1, 0.15) is 99.3 Å². The van der Waals surface area contributed by atoms with Crippen LogP contribution in [0.5, 0.6) is 0 Å². The molecule has 3 rings (SSSR count). The zero-order valence-electron chi connectivity index (χ0n) is 19.3. The Bertz CT molecular complexity index is 604. The molecule has 0 amide bonds. The fourth-order valence-corrected chi connectivity index (χ4v) is 7.09. The topological polar surface area (TPSA) is 76.0 Å². The Morgan fingerprint density at radius 2 is 1.76 bits per heavy atom. The van der Waals surface area contributed by atoms with E-state index in [1.54, 1.807) is 6.92 Å². The number of hydrogen-bond donors (Lipinski definition) is 2. The highest BCUT2D eigenvalue weighted by Gasteiger charge is 2.58. The van der Waals surface area contributed by atoms with E-state index in [4.69, 9.17) is 9.78 Å². The zero-order valence-corrected chi connectivity index (χ0v) is 19.3. The van der Waals surface area contributed by atoms with Gasteiger partial charge >= 0.3 is 5.97 Å². The molecular formula is C24H42O5. The standard InChI is InChI=1S/C24H42O5/c1-16(20(25)26)17-8-13-22(4,29-28-17)14-9-19-23(5)12-7-11-21(2,3)18(23)10-15-24(19,6)27/h16-19,27H,7-15H2,1-6H3,(H,25,26)/t16-,17-,18+,19-,22+,23+,24+/m0/s1. The molecule has 2 saturated carbocycles. The maximum atomic E-state index is 11.4. The smallest absolute Gasteiger partial charge is 0.308 e. The summed E-state index contributed by atoms with van der Waals surface area (Å²) < 4.78 is 0. The van der Waals surface area contributed by atoms with Crippen molar-refractivity contribution < 1.29 is 24.8 Å². The van der Waals surface area contributed by atoms with Crippen LogP contribution in [0.25, 0.3) is 0 Å². The summed E-state index contributed by atoms with van der Waals surface area (Å²) in [6, 6.07) is 0. The highest BCUT2D eigenvalue weighted by atomic mass is 17.2. The second-order valence-electron chi connectivity index (χ2n) is 11.7. The number of carboxylic acid groups (broad SMARTS) is 1. The fourth-order valence-electron chi connectivity index (χ4n) is 7.09. The van der Waals surface area contributed by atoms with Crippen molar-refractivity contribution in [3.05, 3.63) is 0 Å². The number of hydrogen-bond acceptors (Lipinski definition) is 4. The first kappa shape index (κ1) is 23.0. The number of aliphatic hydroxyl groups is 1. The molecule has 0 radical (unpaired) electrons. The molecular weight excluding hydrogens is 368 g/mol. The van der Waals surface area contributed by atoms with E-state index in [0.29, 0.717) is 17.8 Å². The first-order valence-electron chi connectivity index (χ1n) is 11.6. The molecule has 0 aromatic heterocycles. The minimum Gasteiger partial charge on any atom is -0.481 e. The average molecular weight is 411 g/mol. The van der Waals surface area contributed by atoms with Gasteiger partial charge in [0.05, 0.1) is 11.5 Å². The van der Waals surface area contributed by atoms with E-state index in [-0.39, 0.29) is 17.4 Å². The molecule has 3 fully saturated rings. The molecule has 3 aliphatic rings.